The Morgan fingerprint density at radius 3 is 2.47 bits per heavy atom. The molecule has 0 spiro atoms. The minimum atomic E-state index is -0.646. The van der Waals surface area contributed by atoms with Crippen molar-refractivity contribution in [3.05, 3.63) is 29.8 Å². The molecule has 17 heavy (non-hydrogen) atoms. The zero-order valence-electron chi connectivity index (χ0n) is 8.68. The van der Waals surface area contributed by atoms with Gasteiger partial charge in [-0.05, 0) is 12.1 Å². The molecular formula is C10H8AgN2O4. The van der Waals surface area contributed by atoms with E-state index in [2.05, 4.69) is 4.99 Å². The number of carbonyl (C=O) groups excluding carboxylic acids is 2. The summed E-state index contributed by atoms with van der Waals surface area (Å²) in [4.78, 5) is 23.9. The fraction of sp³-hybridized carbons (Fsp3) is 0.100. The first kappa shape index (κ1) is 17.5. The summed E-state index contributed by atoms with van der Waals surface area (Å²) in [6.07, 6.45) is 1.94. The average molecular weight is 328 g/mol. The largest absolute Gasteiger partial charge is 0.496 e. The summed E-state index contributed by atoms with van der Waals surface area (Å²) >= 11 is 0. The average Bonchev–Trinajstić information content (AvgIpc) is 2.30. The van der Waals surface area contributed by atoms with Crippen LogP contribution in [0, 0.1) is 11.5 Å². The van der Waals surface area contributed by atoms with Crippen LogP contribution >= 0.6 is 0 Å². The normalized spacial score (nSPS) is 7.06. The van der Waals surface area contributed by atoms with Crippen molar-refractivity contribution in [3.63, 3.8) is 0 Å². The van der Waals surface area contributed by atoms with E-state index >= 15 is 0 Å². The second-order valence-electron chi connectivity index (χ2n) is 2.31. The molecule has 1 rings (SSSR count). The summed E-state index contributed by atoms with van der Waals surface area (Å²) in [6.45, 7) is 0. The fourth-order valence-corrected chi connectivity index (χ4v) is 0.923. The molecule has 1 amide bonds. The van der Waals surface area contributed by atoms with E-state index < -0.39 is 5.91 Å². The van der Waals surface area contributed by atoms with E-state index in [-0.39, 0.29) is 27.9 Å². The van der Waals surface area contributed by atoms with Gasteiger partial charge in [-0.15, -0.1) is 4.99 Å². The number of methoxy groups -OCH3 is 1. The topological polar surface area (TPSA) is 99.8 Å². The van der Waals surface area contributed by atoms with Crippen LogP contribution in [0.4, 0.5) is 0 Å². The van der Waals surface area contributed by atoms with Crippen molar-refractivity contribution in [2.24, 2.45) is 4.99 Å². The summed E-state index contributed by atoms with van der Waals surface area (Å²) < 4.78 is 4.90. The Kier molecular flexibility index (Phi) is 10.9. The molecular weight excluding hydrogens is 320 g/mol. The van der Waals surface area contributed by atoms with Gasteiger partial charge in [0.25, 0.3) is 12.2 Å². The summed E-state index contributed by atoms with van der Waals surface area (Å²) in [7, 11) is 1.44. The Bertz CT molecular complexity index is 450. The van der Waals surface area contributed by atoms with Crippen molar-refractivity contribution in [2.45, 2.75) is 0 Å². The maximum atomic E-state index is 11.1. The van der Waals surface area contributed by atoms with Crippen LogP contribution in [-0.2, 0) is 27.2 Å². The third kappa shape index (κ3) is 6.30. The zero-order valence-corrected chi connectivity index (χ0v) is 10.2. The molecule has 0 fully saturated rings. The molecule has 7 heteroatoms. The molecule has 0 saturated heterocycles. The quantitative estimate of drug-likeness (QED) is 0.378. The van der Waals surface area contributed by atoms with E-state index in [4.69, 9.17) is 15.1 Å². The number of isocyanates is 1. The first-order valence-electron chi connectivity index (χ1n) is 3.99. The first-order valence-corrected chi connectivity index (χ1v) is 3.99. The number of amides is 1. The van der Waals surface area contributed by atoms with Crippen LogP contribution in [0.2, 0.25) is 0 Å². The molecule has 93 valence electrons. The summed E-state index contributed by atoms with van der Waals surface area (Å²) in [5.41, 5.74) is 0.258. The van der Waals surface area contributed by atoms with Crippen molar-refractivity contribution in [1.82, 2.24) is 0 Å². The minimum absolute atomic E-state index is 0. The van der Waals surface area contributed by atoms with Gasteiger partial charge in [-0.1, -0.05) is 12.1 Å². The number of aliphatic hydroxyl groups excluding tert-OH is 1. The van der Waals surface area contributed by atoms with Crippen LogP contribution in [0.3, 0.4) is 0 Å². The molecule has 1 radical (unpaired) electrons. The molecule has 1 N–H and O–H groups in total. The molecule has 0 aromatic heterocycles. The molecule has 1 aromatic carbocycles. The summed E-state index contributed by atoms with van der Waals surface area (Å²) in [5, 5.41) is 13.8. The van der Waals surface area contributed by atoms with Gasteiger partial charge in [0.05, 0.1) is 12.7 Å². The maximum absolute atomic E-state index is 11.1. The molecule has 6 nitrogen and oxygen atoms in total. The Hall–Kier alpha value is -1.90. The Morgan fingerprint density at radius 2 is 2.00 bits per heavy atom. The van der Waals surface area contributed by atoms with E-state index in [0.717, 1.165) is 6.26 Å². The van der Waals surface area contributed by atoms with E-state index in [1.54, 1.807) is 18.2 Å². The van der Waals surface area contributed by atoms with Gasteiger partial charge in [0.15, 0.2) is 0 Å². The number of ether oxygens (including phenoxy) is 1. The molecule has 0 bridgehead atoms. The summed E-state index contributed by atoms with van der Waals surface area (Å²) in [5.74, 6) is -0.251. The van der Waals surface area contributed by atoms with Gasteiger partial charge in [0.2, 0.25) is 6.08 Å². The monoisotopic (exact) mass is 327 g/mol. The second-order valence-corrected chi connectivity index (χ2v) is 2.31. The predicted octanol–water partition coefficient (Wildman–Crippen LogP) is 1.01. The molecule has 0 heterocycles. The van der Waals surface area contributed by atoms with Gasteiger partial charge < -0.3 is 9.84 Å². The van der Waals surface area contributed by atoms with Crippen molar-refractivity contribution < 1.29 is 41.8 Å². The minimum Gasteiger partial charge on any atom is -0.496 e. The Morgan fingerprint density at radius 1 is 1.47 bits per heavy atom. The number of hydrogen-bond donors (Lipinski definition) is 1. The standard InChI is InChI=1S/C9H7NO3.CHNO.Ag/c1-13-8-5-3-2-4-7(8)9(12)10-6-11;2-1-3;/h2-5H,1H3;3H;. The van der Waals surface area contributed by atoms with Crippen molar-refractivity contribution in [3.8, 4) is 12.0 Å². The smallest absolute Gasteiger partial charge is 0.291 e. The van der Waals surface area contributed by atoms with Crippen LogP contribution in [-0.4, -0.2) is 24.2 Å². The van der Waals surface area contributed by atoms with Crippen LogP contribution in [0.25, 0.3) is 0 Å². The molecule has 0 aliphatic carbocycles. The van der Waals surface area contributed by atoms with E-state index in [1.165, 1.54) is 19.3 Å². The number of carbonyl (C=O) groups is 1. The van der Waals surface area contributed by atoms with Gasteiger partial charge in [-0.3, -0.25) is 4.79 Å². The van der Waals surface area contributed by atoms with Crippen molar-refractivity contribution >= 4 is 12.0 Å². The third-order valence-electron chi connectivity index (χ3n) is 1.48. The number of nitriles is 1. The number of nitrogens with zero attached hydrogens (tertiary/aromatic N) is 2. The fourth-order valence-electron chi connectivity index (χ4n) is 0.923. The zero-order chi connectivity index (χ0) is 12.4. The number of para-hydroxylation sites is 1. The van der Waals surface area contributed by atoms with Crippen molar-refractivity contribution in [1.29, 1.82) is 5.26 Å². The number of aliphatic imine (C=N–C) groups is 1. The SMILES string of the molecule is COc1ccccc1C(=O)N=C=O.N#CO.[Ag]. The first-order chi connectivity index (χ1) is 7.71. The molecule has 0 aliphatic rings. The van der Waals surface area contributed by atoms with Crippen molar-refractivity contribution in [2.75, 3.05) is 7.11 Å². The Balaban J connectivity index is 0. The van der Waals surface area contributed by atoms with Gasteiger partial charge in [-0.25, -0.2) is 4.79 Å². The molecule has 0 unspecified atom stereocenters. The van der Waals surface area contributed by atoms with Gasteiger partial charge in [-0.2, -0.15) is 5.26 Å². The number of aliphatic hydroxyl groups is 1. The van der Waals surface area contributed by atoms with Gasteiger partial charge in [0, 0.05) is 22.4 Å². The summed E-state index contributed by atoms with van der Waals surface area (Å²) in [6, 6.07) is 6.53. The third-order valence-corrected chi connectivity index (χ3v) is 1.48. The van der Waals surface area contributed by atoms with E-state index in [0.29, 0.717) is 5.75 Å². The maximum Gasteiger partial charge on any atom is 0.291 e. The van der Waals surface area contributed by atoms with Gasteiger partial charge >= 0.3 is 0 Å². The predicted molar refractivity (Wildman–Crippen MR) is 53.0 cm³/mol. The van der Waals surface area contributed by atoms with Crippen LogP contribution in [0.1, 0.15) is 10.4 Å². The second kappa shape index (κ2) is 10.6. The van der Waals surface area contributed by atoms with E-state index in [1.807, 2.05) is 0 Å². The van der Waals surface area contributed by atoms with Crippen LogP contribution in [0.15, 0.2) is 29.3 Å². The van der Waals surface area contributed by atoms with E-state index in [9.17, 15) is 9.59 Å². The number of hydrogen-bond acceptors (Lipinski definition) is 5. The molecule has 0 aliphatic heterocycles. The van der Waals surface area contributed by atoms with Gasteiger partial charge in [0.1, 0.15) is 5.75 Å². The van der Waals surface area contributed by atoms with Crippen LogP contribution < -0.4 is 4.74 Å². The molecule has 0 saturated carbocycles. The molecule has 1 aromatic rings. The molecule has 0 atom stereocenters. The Labute approximate surface area is 113 Å². The number of rotatable bonds is 2. The van der Waals surface area contributed by atoms with Crippen LogP contribution in [0.5, 0.6) is 5.75 Å². The number of benzene rings is 1.